The van der Waals surface area contributed by atoms with Gasteiger partial charge in [-0.2, -0.15) is 0 Å². The normalized spacial score (nSPS) is 11.8. The molecule has 0 bridgehead atoms. The van der Waals surface area contributed by atoms with Gasteiger partial charge >= 0.3 is 0 Å². The number of hydrogen-bond donors (Lipinski definition) is 1. The zero-order chi connectivity index (χ0) is 19.4. The Hall–Kier alpha value is -2.25. The first kappa shape index (κ1) is 20.1. The van der Waals surface area contributed by atoms with E-state index in [2.05, 4.69) is 4.98 Å². The minimum atomic E-state index is -1.31. The van der Waals surface area contributed by atoms with Gasteiger partial charge < -0.3 is 24.1 Å². The molecule has 1 aromatic heterocycles. The number of ether oxygens (including phenoxy) is 4. The number of benzene rings is 1. The van der Waals surface area contributed by atoms with Gasteiger partial charge in [0.2, 0.25) is 11.6 Å². The van der Waals surface area contributed by atoms with Gasteiger partial charge in [-0.05, 0) is 18.6 Å². The highest BCUT2D eigenvalue weighted by Crippen LogP contribution is 2.47. The van der Waals surface area contributed by atoms with Crippen molar-refractivity contribution in [3.63, 3.8) is 0 Å². The molecule has 0 saturated heterocycles. The van der Waals surface area contributed by atoms with Crippen LogP contribution >= 0.6 is 11.6 Å². The molecule has 1 atom stereocenters. The van der Waals surface area contributed by atoms with Gasteiger partial charge in [0.25, 0.3) is 0 Å². The lowest BCUT2D eigenvalue weighted by Crippen LogP contribution is -2.12. The first-order chi connectivity index (χ1) is 12.4. The minimum Gasteiger partial charge on any atom is -0.493 e. The molecule has 0 aliphatic carbocycles. The molecule has 142 valence electrons. The van der Waals surface area contributed by atoms with Crippen LogP contribution in [0.3, 0.4) is 0 Å². The van der Waals surface area contributed by atoms with E-state index in [-0.39, 0.29) is 27.8 Å². The van der Waals surface area contributed by atoms with Gasteiger partial charge in [-0.25, -0.2) is 9.37 Å². The summed E-state index contributed by atoms with van der Waals surface area (Å²) in [5.74, 6) is 1.10. The number of aliphatic hydroxyl groups excluding tert-OH is 1. The van der Waals surface area contributed by atoms with E-state index in [4.69, 9.17) is 30.5 Å². The third kappa shape index (κ3) is 3.37. The van der Waals surface area contributed by atoms with Crippen LogP contribution in [0.25, 0.3) is 0 Å². The maximum atomic E-state index is 13.6. The van der Waals surface area contributed by atoms with Crippen molar-refractivity contribution in [2.75, 3.05) is 28.4 Å². The number of hydrogen-bond acceptors (Lipinski definition) is 6. The fourth-order valence-electron chi connectivity index (χ4n) is 2.89. The Kier molecular flexibility index (Phi) is 6.50. The number of aryl methyl sites for hydroxylation is 1. The van der Waals surface area contributed by atoms with E-state index in [9.17, 15) is 9.50 Å². The molecule has 2 aromatic rings. The average Bonchev–Trinajstić information content (AvgIpc) is 2.65. The number of halogens is 2. The van der Waals surface area contributed by atoms with E-state index in [1.165, 1.54) is 34.6 Å². The molecule has 8 heteroatoms. The topological polar surface area (TPSA) is 70.0 Å². The maximum absolute atomic E-state index is 13.6. The second-order valence-electron chi connectivity index (χ2n) is 5.42. The Morgan fingerprint density at radius 1 is 1.08 bits per heavy atom. The molecular formula is C18H21ClFNO5. The van der Waals surface area contributed by atoms with Gasteiger partial charge in [0.1, 0.15) is 12.8 Å². The Morgan fingerprint density at radius 2 is 1.73 bits per heavy atom. The van der Waals surface area contributed by atoms with Gasteiger partial charge in [0, 0.05) is 17.3 Å². The Bertz CT molecular complexity index is 800. The monoisotopic (exact) mass is 385 g/mol. The molecule has 1 heterocycles. The van der Waals surface area contributed by atoms with Gasteiger partial charge in [0.15, 0.2) is 11.5 Å². The van der Waals surface area contributed by atoms with E-state index in [1.807, 2.05) is 0 Å². The van der Waals surface area contributed by atoms with Crippen LogP contribution in [-0.4, -0.2) is 38.5 Å². The maximum Gasteiger partial charge on any atom is 0.219 e. The minimum absolute atomic E-state index is 0.0748. The molecule has 26 heavy (non-hydrogen) atoms. The first-order valence-electron chi connectivity index (χ1n) is 7.69. The standard InChI is InChI=1S/C18H21ClFNO5/c1-9-6-12(23-2)16(24-3)17(25-4)13(9)15(22)14-10(7-20)11(19)8-21-18(14)26-5/h6,8,15,22H,7H2,1-5H3. The largest absolute Gasteiger partial charge is 0.493 e. The van der Waals surface area contributed by atoms with Crippen molar-refractivity contribution in [3.8, 4) is 23.1 Å². The van der Waals surface area contributed by atoms with Gasteiger partial charge in [-0.3, -0.25) is 0 Å². The lowest BCUT2D eigenvalue weighted by atomic mass is 9.93. The highest BCUT2D eigenvalue weighted by molar-refractivity contribution is 6.31. The summed E-state index contributed by atoms with van der Waals surface area (Å²) in [6.07, 6.45) is -0.0267. The zero-order valence-electron chi connectivity index (χ0n) is 15.2. The van der Waals surface area contributed by atoms with E-state index in [0.29, 0.717) is 22.6 Å². The fraction of sp³-hybridized carbons (Fsp3) is 0.389. The van der Waals surface area contributed by atoms with Gasteiger partial charge in [-0.15, -0.1) is 0 Å². The van der Waals surface area contributed by atoms with Crippen LogP contribution in [0.2, 0.25) is 5.02 Å². The third-order valence-electron chi connectivity index (χ3n) is 4.09. The average molecular weight is 386 g/mol. The molecule has 6 nitrogen and oxygen atoms in total. The number of rotatable bonds is 7. The molecule has 0 saturated carbocycles. The summed E-state index contributed by atoms with van der Waals surface area (Å²) >= 11 is 6.06. The lowest BCUT2D eigenvalue weighted by molar-refractivity contribution is 0.202. The molecule has 1 N–H and O–H groups in total. The van der Waals surface area contributed by atoms with Crippen LogP contribution < -0.4 is 18.9 Å². The van der Waals surface area contributed by atoms with E-state index < -0.39 is 12.8 Å². The van der Waals surface area contributed by atoms with E-state index in [0.717, 1.165) is 0 Å². The molecule has 0 aliphatic rings. The Labute approximate surface area is 156 Å². The van der Waals surface area contributed by atoms with Gasteiger partial charge in [0.05, 0.1) is 39.0 Å². The number of methoxy groups -OCH3 is 4. The summed E-state index contributed by atoms with van der Waals surface area (Å²) in [6.45, 7) is 0.876. The number of aromatic nitrogens is 1. The Morgan fingerprint density at radius 3 is 2.23 bits per heavy atom. The number of aliphatic hydroxyl groups is 1. The lowest BCUT2D eigenvalue weighted by Gasteiger charge is -2.24. The van der Waals surface area contributed by atoms with Crippen LogP contribution in [0.4, 0.5) is 4.39 Å². The van der Waals surface area contributed by atoms with Crippen molar-refractivity contribution < 1.29 is 28.4 Å². The van der Waals surface area contributed by atoms with E-state index in [1.54, 1.807) is 13.0 Å². The fourth-order valence-corrected chi connectivity index (χ4v) is 3.09. The second kappa shape index (κ2) is 8.42. The van der Waals surface area contributed by atoms with E-state index >= 15 is 0 Å². The van der Waals surface area contributed by atoms with Crippen molar-refractivity contribution in [1.29, 1.82) is 0 Å². The number of nitrogens with zero attached hydrogens (tertiary/aromatic N) is 1. The zero-order valence-corrected chi connectivity index (χ0v) is 16.0. The Balaban J connectivity index is 2.79. The quantitative estimate of drug-likeness (QED) is 0.784. The summed E-state index contributed by atoms with van der Waals surface area (Å²) in [5.41, 5.74) is 1.26. The molecule has 2 rings (SSSR count). The second-order valence-corrected chi connectivity index (χ2v) is 5.83. The highest BCUT2D eigenvalue weighted by atomic mass is 35.5. The molecule has 0 spiro atoms. The molecule has 0 amide bonds. The predicted octanol–water partition coefficient (Wildman–Crippen LogP) is 3.63. The van der Waals surface area contributed by atoms with Crippen LogP contribution in [0.15, 0.2) is 12.3 Å². The van der Waals surface area contributed by atoms with Crippen molar-refractivity contribution in [2.45, 2.75) is 19.7 Å². The number of alkyl halides is 1. The molecule has 0 aliphatic heterocycles. The third-order valence-corrected chi connectivity index (χ3v) is 4.41. The van der Waals surface area contributed by atoms with Crippen molar-refractivity contribution in [1.82, 2.24) is 4.98 Å². The molecule has 1 unspecified atom stereocenters. The first-order valence-corrected chi connectivity index (χ1v) is 8.07. The van der Waals surface area contributed by atoms with Crippen LogP contribution in [0.5, 0.6) is 23.1 Å². The van der Waals surface area contributed by atoms with Crippen LogP contribution in [0.1, 0.15) is 28.4 Å². The highest BCUT2D eigenvalue weighted by Gasteiger charge is 2.30. The summed E-state index contributed by atoms with van der Waals surface area (Å²) < 4.78 is 35.0. The summed E-state index contributed by atoms with van der Waals surface area (Å²) in [6, 6.07) is 1.69. The summed E-state index contributed by atoms with van der Waals surface area (Å²) in [5, 5.41) is 11.2. The predicted molar refractivity (Wildman–Crippen MR) is 95.5 cm³/mol. The molecule has 0 fully saturated rings. The van der Waals surface area contributed by atoms with Crippen molar-refractivity contribution in [3.05, 3.63) is 39.5 Å². The SMILES string of the molecule is COc1cc(C)c(C(O)c2c(OC)ncc(Cl)c2CF)c(OC)c1OC. The number of pyridine rings is 1. The van der Waals surface area contributed by atoms with Crippen molar-refractivity contribution >= 4 is 11.6 Å². The van der Waals surface area contributed by atoms with Crippen molar-refractivity contribution in [2.24, 2.45) is 0 Å². The molecule has 0 radical (unpaired) electrons. The smallest absolute Gasteiger partial charge is 0.219 e. The van der Waals surface area contributed by atoms with Gasteiger partial charge in [-0.1, -0.05) is 11.6 Å². The summed E-state index contributed by atoms with van der Waals surface area (Å²) in [7, 11) is 5.78. The molecule has 1 aromatic carbocycles. The summed E-state index contributed by atoms with van der Waals surface area (Å²) in [4.78, 5) is 4.04. The van der Waals surface area contributed by atoms with Crippen LogP contribution in [0, 0.1) is 6.92 Å². The molecular weight excluding hydrogens is 365 g/mol. The van der Waals surface area contributed by atoms with Crippen LogP contribution in [-0.2, 0) is 6.67 Å².